The number of hydrogen-bond donors (Lipinski definition) is 2. The van der Waals surface area contributed by atoms with Crippen molar-refractivity contribution in [2.45, 2.75) is 39.9 Å². The molecule has 142 valence electrons. The summed E-state index contributed by atoms with van der Waals surface area (Å²) in [5.74, 6) is 0. The third kappa shape index (κ3) is 5.44. The molecule has 2 heterocycles. The van der Waals surface area contributed by atoms with Crippen LogP contribution >= 0.6 is 0 Å². The number of nitrogens with zero attached hydrogens (tertiary/aromatic N) is 4. The Morgan fingerprint density at radius 1 is 1.19 bits per heavy atom. The van der Waals surface area contributed by atoms with E-state index in [2.05, 4.69) is 41.5 Å². The van der Waals surface area contributed by atoms with Crippen LogP contribution in [0.5, 0.6) is 0 Å². The second-order valence-corrected chi connectivity index (χ2v) is 7.68. The lowest BCUT2D eigenvalue weighted by Crippen LogP contribution is -2.47. The molecule has 2 amide bonds. The van der Waals surface area contributed by atoms with Crippen LogP contribution in [-0.4, -0.2) is 31.4 Å². The fourth-order valence-electron chi connectivity index (χ4n) is 2.80. The van der Waals surface area contributed by atoms with Gasteiger partial charge in [0.15, 0.2) is 0 Å². The van der Waals surface area contributed by atoms with Gasteiger partial charge in [-0.25, -0.2) is 9.78 Å². The zero-order chi connectivity index (χ0) is 19.3. The standard InChI is InChI=1S/C20H26N6O/c1-20(2,3)18(14-25-11-9-21-15-25)24-19(27)23-17-7-4-6-16(12-17)13-26-10-5-8-22-26/h4-12,15,18H,13-14H2,1-3H3,(H2,23,24,27). The lowest BCUT2D eigenvalue weighted by atomic mass is 9.86. The summed E-state index contributed by atoms with van der Waals surface area (Å²) in [5, 5.41) is 10.2. The third-order valence-corrected chi connectivity index (χ3v) is 4.39. The number of carbonyl (C=O) groups excluding carboxylic acids is 1. The molecule has 0 aliphatic carbocycles. The van der Waals surface area contributed by atoms with Gasteiger partial charge < -0.3 is 15.2 Å². The van der Waals surface area contributed by atoms with E-state index < -0.39 is 0 Å². The highest BCUT2D eigenvalue weighted by Gasteiger charge is 2.26. The molecule has 0 spiro atoms. The van der Waals surface area contributed by atoms with Gasteiger partial charge in [0.1, 0.15) is 0 Å². The van der Waals surface area contributed by atoms with Crippen molar-refractivity contribution in [1.29, 1.82) is 0 Å². The topological polar surface area (TPSA) is 76.8 Å². The Morgan fingerprint density at radius 3 is 2.70 bits per heavy atom. The van der Waals surface area contributed by atoms with E-state index in [1.165, 1.54) is 0 Å². The predicted octanol–water partition coefficient (Wildman–Crippen LogP) is 3.36. The van der Waals surface area contributed by atoms with Crippen molar-refractivity contribution in [3.8, 4) is 0 Å². The molecule has 3 rings (SSSR count). The first-order valence-corrected chi connectivity index (χ1v) is 9.00. The number of hydrogen-bond acceptors (Lipinski definition) is 3. The molecule has 0 aliphatic rings. The van der Waals surface area contributed by atoms with Gasteiger partial charge in [-0.3, -0.25) is 4.68 Å². The maximum absolute atomic E-state index is 12.6. The molecule has 1 aromatic carbocycles. The Morgan fingerprint density at radius 2 is 2.04 bits per heavy atom. The second kappa shape index (κ2) is 8.07. The van der Waals surface area contributed by atoms with Crippen molar-refractivity contribution in [2.24, 2.45) is 5.41 Å². The molecule has 0 saturated carbocycles. The number of anilines is 1. The molecular weight excluding hydrogens is 340 g/mol. The third-order valence-electron chi connectivity index (χ3n) is 4.39. The zero-order valence-electron chi connectivity index (χ0n) is 16.0. The molecule has 7 nitrogen and oxygen atoms in total. The van der Waals surface area contributed by atoms with Crippen LogP contribution in [0.2, 0.25) is 0 Å². The first-order valence-electron chi connectivity index (χ1n) is 9.00. The normalized spacial score (nSPS) is 12.6. The largest absolute Gasteiger partial charge is 0.335 e. The van der Waals surface area contributed by atoms with Gasteiger partial charge in [-0.05, 0) is 29.2 Å². The predicted molar refractivity (Wildman–Crippen MR) is 105 cm³/mol. The van der Waals surface area contributed by atoms with Crippen LogP contribution in [0, 0.1) is 5.41 Å². The summed E-state index contributed by atoms with van der Waals surface area (Å²) in [4.78, 5) is 16.6. The van der Waals surface area contributed by atoms with E-state index in [1.807, 2.05) is 52.0 Å². The minimum atomic E-state index is -0.216. The van der Waals surface area contributed by atoms with Crippen molar-refractivity contribution >= 4 is 11.7 Å². The van der Waals surface area contributed by atoms with Crippen LogP contribution in [0.3, 0.4) is 0 Å². The molecule has 2 aromatic heterocycles. The van der Waals surface area contributed by atoms with Crippen molar-refractivity contribution in [1.82, 2.24) is 24.6 Å². The molecule has 0 radical (unpaired) electrons. The highest BCUT2D eigenvalue weighted by molar-refractivity contribution is 5.89. The summed E-state index contributed by atoms with van der Waals surface area (Å²) in [6, 6.07) is 9.42. The molecule has 0 bridgehead atoms. The molecule has 3 aromatic rings. The fourth-order valence-corrected chi connectivity index (χ4v) is 2.80. The molecule has 1 atom stereocenters. The van der Waals surface area contributed by atoms with E-state index in [-0.39, 0.29) is 17.5 Å². The lowest BCUT2D eigenvalue weighted by molar-refractivity contribution is 0.219. The molecule has 2 N–H and O–H groups in total. The fraction of sp³-hybridized carbons (Fsp3) is 0.350. The number of nitrogens with one attached hydrogen (secondary N) is 2. The van der Waals surface area contributed by atoms with E-state index in [1.54, 1.807) is 18.7 Å². The van der Waals surface area contributed by atoms with Crippen molar-refractivity contribution in [3.63, 3.8) is 0 Å². The van der Waals surface area contributed by atoms with Crippen LogP contribution in [0.15, 0.2) is 61.4 Å². The Bertz CT molecular complexity index is 849. The highest BCUT2D eigenvalue weighted by Crippen LogP contribution is 2.21. The van der Waals surface area contributed by atoms with Gasteiger partial charge in [-0.2, -0.15) is 5.10 Å². The van der Waals surface area contributed by atoms with Gasteiger partial charge in [0.25, 0.3) is 0 Å². The maximum atomic E-state index is 12.6. The Labute approximate surface area is 159 Å². The van der Waals surface area contributed by atoms with E-state index in [0.29, 0.717) is 13.1 Å². The number of benzene rings is 1. The second-order valence-electron chi connectivity index (χ2n) is 7.68. The van der Waals surface area contributed by atoms with Crippen LogP contribution in [0.1, 0.15) is 26.3 Å². The average Bonchev–Trinajstić information content (AvgIpc) is 3.27. The smallest absolute Gasteiger partial charge is 0.319 e. The number of carbonyl (C=O) groups is 1. The Kier molecular flexibility index (Phi) is 5.59. The van der Waals surface area contributed by atoms with Gasteiger partial charge in [0.05, 0.1) is 18.9 Å². The van der Waals surface area contributed by atoms with Crippen LogP contribution in [0.25, 0.3) is 0 Å². The van der Waals surface area contributed by atoms with Gasteiger partial charge in [0.2, 0.25) is 0 Å². The summed E-state index contributed by atoms with van der Waals surface area (Å²) in [6.45, 7) is 7.66. The summed E-state index contributed by atoms with van der Waals surface area (Å²) in [7, 11) is 0. The van der Waals surface area contributed by atoms with E-state index in [0.717, 1.165) is 11.3 Å². The summed E-state index contributed by atoms with van der Waals surface area (Å²) in [6.07, 6.45) is 9.07. The van der Waals surface area contributed by atoms with E-state index in [9.17, 15) is 4.79 Å². The molecule has 7 heteroatoms. The number of urea groups is 1. The Balaban J connectivity index is 1.63. The molecule has 1 unspecified atom stereocenters. The quantitative estimate of drug-likeness (QED) is 0.702. The monoisotopic (exact) mass is 366 g/mol. The Hall–Kier alpha value is -3.09. The van der Waals surface area contributed by atoms with Crippen molar-refractivity contribution in [3.05, 3.63) is 67.0 Å². The van der Waals surface area contributed by atoms with Crippen molar-refractivity contribution < 1.29 is 4.79 Å². The number of rotatable bonds is 6. The number of aromatic nitrogens is 4. The molecule has 0 aliphatic heterocycles. The minimum absolute atomic E-state index is 0.0426. The van der Waals surface area contributed by atoms with Gasteiger partial charge in [-0.1, -0.05) is 32.9 Å². The minimum Gasteiger partial charge on any atom is -0.335 e. The first kappa shape index (κ1) is 18.7. The molecule has 0 saturated heterocycles. The van der Waals surface area contributed by atoms with Gasteiger partial charge in [0, 0.05) is 37.0 Å². The number of imidazole rings is 1. The summed E-state index contributed by atoms with van der Waals surface area (Å²) >= 11 is 0. The zero-order valence-corrected chi connectivity index (χ0v) is 16.0. The number of amides is 2. The van der Waals surface area contributed by atoms with Crippen molar-refractivity contribution in [2.75, 3.05) is 5.32 Å². The van der Waals surface area contributed by atoms with E-state index >= 15 is 0 Å². The molecule has 27 heavy (non-hydrogen) atoms. The van der Waals surface area contributed by atoms with E-state index in [4.69, 9.17) is 0 Å². The van der Waals surface area contributed by atoms with Crippen LogP contribution < -0.4 is 10.6 Å². The van der Waals surface area contributed by atoms with Crippen LogP contribution in [0.4, 0.5) is 10.5 Å². The molecule has 0 fully saturated rings. The molecular formula is C20H26N6O. The SMILES string of the molecule is CC(C)(C)C(Cn1ccnc1)NC(=O)Nc1cccc(Cn2cccn2)c1. The van der Waals surface area contributed by atoms with Gasteiger partial charge >= 0.3 is 6.03 Å². The summed E-state index contributed by atoms with van der Waals surface area (Å²) < 4.78 is 3.82. The summed E-state index contributed by atoms with van der Waals surface area (Å²) in [5.41, 5.74) is 1.73. The highest BCUT2D eigenvalue weighted by atomic mass is 16.2. The van der Waals surface area contributed by atoms with Crippen LogP contribution in [-0.2, 0) is 13.1 Å². The average molecular weight is 366 g/mol. The maximum Gasteiger partial charge on any atom is 0.319 e. The van der Waals surface area contributed by atoms with Gasteiger partial charge in [-0.15, -0.1) is 0 Å². The first-order chi connectivity index (χ1) is 12.9. The lowest BCUT2D eigenvalue weighted by Gasteiger charge is -2.31.